The molecule has 6 nitrogen and oxygen atoms in total. The first-order chi connectivity index (χ1) is 10.1. The molecule has 1 aromatic carbocycles. The molecule has 0 bridgehead atoms. The molecule has 21 heavy (non-hydrogen) atoms. The lowest BCUT2D eigenvalue weighted by molar-refractivity contribution is 0.0930. The Hall–Kier alpha value is -2.34. The van der Waals surface area contributed by atoms with E-state index in [0.717, 1.165) is 13.0 Å². The van der Waals surface area contributed by atoms with Gasteiger partial charge in [0.15, 0.2) is 0 Å². The Balaban J connectivity index is 1.63. The van der Waals surface area contributed by atoms with Crippen LogP contribution < -0.4 is 11.0 Å². The molecule has 0 aliphatic carbocycles. The lowest BCUT2D eigenvalue weighted by Crippen LogP contribution is -2.45. The fraction of sp³-hybridized carbons (Fsp3) is 0.333. The number of hydrogen-bond donors (Lipinski definition) is 3. The van der Waals surface area contributed by atoms with Gasteiger partial charge in [-0.2, -0.15) is 0 Å². The molecule has 1 amide bonds. The molecule has 3 N–H and O–H groups in total. The summed E-state index contributed by atoms with van der Waals surface area (Å²) in [7, 11) is 2.06. The largest absolute Gasteiger partial charge is 0.349 e. The molecule has 0 spiro atoms. The van der Waals surface area contributed by atoms with Crippen LogP contribution in [0.4, 0.5) is 0 Å². The molecule has 1 aliphatic rings. The number of hydrogen-bond acceptors (Lipinski definition) is 3. The van der Waals surface area contributed by atoms with Crippen LogP contribution in [0, 0.1) is 0 Å². The average Bonchev–Trinajstić information content (AvgIpc) is 2.91. The summed E-state index contributed by atoms with van der Waals surface area (Å²) in [5.74, 6) is -0.263. The number of rotatable bonds is 3. The highest BCUT2D eigenvalue weighted by atomic mass is 16.2. The summed E-state index contributed by atoms with van der Waals surface area (Å²) in [4.78, 5) is 30.0. The maximum atomic E-state index is 11.9. The highest BCUT2D eigenvalue weighted by Gasteiger charge is 2.23. The molecule has 0 saturated heterocycles. The van der Waals surface area contributed by atoms with Gasteiger partial charge in [0.25, 0.3) is 5.91 Å². The minimum atomic E-state index is -0.371. The van der Waals surface area contributed by atoms with E-state index in [2.05, 4.69) is 45.4 Å². The second-order valence-corrected chi connectivity index (χ2v) is 5.41. The van der Waals surface area contributed by atoms with Crippen molar-refractivity contribution in [1.82, 2.24) is 20.2 Å². The molecule has 1 atom stereocenters. The molecule has 2 heterocycles. The molecule has 110 valence electrons. The van der Waals surface area contributed by atoms with Crippen molar-refractivity contribution in [3.63, 3.8) is 0 Å². The quantitative estimate of drug-likeness (QED) is 0.768. The number of nitrogens with zero attached hydrogens (tertiary/aromatic N) is 1. The van der Waals surface area contributed by atoms with Gasteiger partial charge >= 0.3 is 5.69 Å². The number of H-pyrrole nitrogens is 2. The minimum Gasteiger partial charge on any atom is -0.349 e. The highest BCUT2D eigenvalue weighted by Crippen LogP contribution is 2.21. The minimum absolute atomic E-state index is 0.259. The van der Waals surface area contributed by atoms with Crippen LogP contribution in [-0.4, -0.2) is 40.4 Å². The van der Waals surface area contributed by atoms with Crippen LogP contribution >= 0.6 is 0 Å². The predicted octanol–water partition coefficient (Wildman–Crippen LogP) is 0.489. The van der Waals surface area contributed by atoms with Crippen LogP contribution in [0.1, 0.15) is 21.6 Å². The lowest BCUT2D eigenvalue weighted by Gasteiger charge is -2.34. The summed E-state index contributed by atoms with van der Waals surface area (Å²) in [5, 5.41) is 2.87. The first-order valence-electron chi connectivity index (χ1n) is 6.96. The Morgan fingerprint density at radius 3 is 2.86 bits per heavy atom. The second kappa shape index (κ2) is 5.57. The summed E-state index contributed by atoms with van der Waals surface area (Å²) in [6.45, 7) is 1.44. The van der Waals surface area contributed by atoms with Crippen molar-refractivity contribution in [2.45, 2.75) is 19.0 Å². The number of amides is 1. The first-order valence-corrected chi connectivity index (χ1v) is 6.96. The fourth-order valence-electron chi connectivity index (χ4n) is 2.71. The number of carbonyl (C=O) groups excluding carboxylic acids is 1. The van der Waals surface area contributed by atoms with Crippen molar-refractivity contribution in [1.29, 1.82) is 0 Å². The summed E-state index contributed by atoms with van der Waals surface area (Å²) >= 11 is 0. The third kappa shape index (κ3) is 2.90. The molecule has 0 radical (unpaired) electrons. The molecule has 1 aliphatic heterocycles. The zero-order chi connectivity index (χ0) is 14.8. The molecule has 3 rings (SSSR count). The summed E-state index contributed by atoms with van der Waals surface area (Å²) in [6, 6.07) is 8.64. The topological polar surface area (TPSA) is 81.0 Å². The number of fused-ring (bicyclic) bond motifs is 1. The molecule has 6 heteroatoms. The summed E-state index contributed by atoms with van der Waals surface area (Å²) in [6.07, 6.45) is 2.30. The van der Waals surface area contributed by atoms with Gasteiger partial charge in [-0.3, -0.25) is 9.69 Å². The van der Waals surface area contributed by atoms with Crippen molar-refractivity contribution < 1.29 is 4.79 Å². The van der Waals surface area contributed by atoms with Crippen molar-refractivity contribution >= 4 is 5.91 Å². The van der Waals surface area contributed by atoms with E-state index >= 15 is 0 Å². The SMILES string of the molecule is CN1Cc2ccccc2C[C@H]1CNC(=O)c1c[nH]c(=O)[nH]1. The maximum absolute atomic E-state index is 11.9. The Labute approximate surface area is 122 Å². The Morgan fingerprint density at radius 2 is 2.14 bits per heavy atom. The maximum Gasteiger partial charge on any atom is 0.323 e. The van der Waals surface area contributed by atoms with Crippen molar-refractivity contribution in [2.75, 3.05) is 13.6 Å². The molecule has 2 aromatic rings. The van der Waals surface area contributed by atoms with E-state index < -0.39 is 0 Å². The molecule has 1 aromatic heterocycles. The molecular formula is C15H18N4O2. The van der Waals surface area contributed by atoms with Crippen LogP contribution in [0.15, 0.2) is 35.3 Å². The molecular weight excluding hydrogens is 268 g/mol. The van der Waals surface area contributed by atoms with Gasteiger partial charge in [0, 0.05) is 25.3 Å². The van der Waals surface area contributed by atoms with Gasteiger partial charge in [-0.1, -0.05) is 24.3 Å². The van der Waals surface area contributed by atoms with Crippen molar-refractivity contribution in [3.05, 3.63) is 57.8 Å². The van der Waals surface area contributed by atoms with Crippen molar-refractivity contribution in [3.8, 4) is 0 Å². The van der Waals surface area contributed by atoms with E-state index in [1.54, 1.807) is 0 Å². The van der Waals surface area contributed by atoms with E-state index in [-0.39, 0.29) is 23.3 Å². The van der Waals surface area contributed by atoms with Gasteiger partial charge in [-0.15, -0.1) is 0 Å². The predicted molar refractivity (Wildman–Crippen MR) is 79.1 cm³/mol. The van der Waals surface area contributed by atoms with E-state index in [0.29, 0.717) is 6.54 Å². The zero-order valence-electron chi connectivity index (χ0n) is 11.8. The highest BCUT2D eigenvalue weighted by molar-refractivity contribution is 5.91. The van der Waals surface area contributed by atoms with Gasteiger partial charge in [-0.05, 0) is 24.6 Å². The van der Waals surface area contributed by atoms with E-state index in [1.807, 2.05) is 6.07 Å². The number of benzene rings is 1. The third-order valence-corrected chi connectivity index (χ3v) is 3.96. The smallest absolute Gasteiger partial charge is 0.323 e. The van der Waals surface area contributed by atoms with Gasteiger partial charge in [-0.25, -0.2) is 4.79 Å². The van der Waals surface area contributed by atoms with Gasteiger partial charge in [0.1, 0.15) is 5.69 Å². The normalized spacial score (nSPS) is 18.2. The van der Waals surface area contributed by atoms with E-state index in [4.69, 9.17) is 0 Å². The molecule has 0 unspecified atom stereocenters. The number of carbonyl (C=O) groups is 1. The monoisotopic (exact) mass is 286 g/mol. The number of likely N-dealkylation sites (N-methyl/N-ethyl adjacent to an activating group) is 1. The lowest BCUT2D eigenvalue weighted by atomic mass is 9.94. The Kier molecular flexibility index (Phi) is 3.62. The number of imidazole rings is 1. The number of nitrogens with one attached hydrogen (secondary N) is 3. The van der Waals surface area contributed by atoms with Gasteiger partial charge in [0.05, 0.1) is 0 Å². The van der Waals surface area contributed by atoms with E-state index in [1.165, 1.54) is 17.3 Å². The van der Waals surface area contributed by atoms with Crippen LogP contribution in [0.5, 0.6) is 0 Å². The number of aromatic amines is 2. The second-order valence-electron chi connectivity index (χ2n) is 5.41. The summed E-state index contributed by atoms with van der Waals surface area (Å²) < 4.78 is 0. The first kappa shape index (κ1) is 13.6. The Bertz CT molecular complexity index is 703. The standard InChI is InChI=1S/C15H18N4O2/c1-19-9-11-5-3-2-4-10(11)6-12(19)7-16-14(20)13-8-17-15(21)18-13/h2-5,8,12H,6-7,9H2,1H3,(H,16,20)(H2,17,18,21)/t12-/m0/s1. The average molecular weight is 286 g/mol. The van der Waals surface area contributed by atoms with Crippen LogP contribution in [0.3, 0.4) is 0 Å². The van der Waals surface area contributed by atoms with E-state index in [9.17, 15) is 9.59 Å². The van der Waals surface area contributed by atoms with Crippen LogP contribution in [-0.2, 0) is 13.0 Å². The van der Waals surface area contributed by atoms with Crippen LogP contribution in [0.2, 0.25) is 0 Å². The van der Waals surface area contributed by atoms with Gasteiger partial charge in [0.2, 0.25) is 0 Å². The molecule has 0 fully saturated rings. The summed E-state index contributed by atoms with van der Waals surface area (Å²) in [5.41, 5.74) is 2.57. The van der Waals surface area contributed by atoms with Crippen LogP contribution in [0.25, 0.3) is 0 Å². The number of aromatic nitrogens is 2. The van der Waals surface area contributed by atoms with Gasteiger partial charge < -0.3 is 15.3 Å². The fourth-order valence-corrected chi connectivity index (χ4v) is 2.71. The zero-order valence-corrected chi connectivity index (χ0v) is 11.8. The van der Waals surface area contributed by atoms with Crippen molar-refractivity contribution in [2.24, 2.45) is 0 Å². The Morgan fingerprint density at radius 1 is 1.38 bits per heavy atom. The molecule has 0 saturated carbocycles. The third-order valence-electron chi connectivity index (χ3n) is 3.96.